The van der Waals surface area contributed by atoms with Crippen molar-refractivity contribution in [1.29, 1.82) is 5.26 Å². The normalized spacial score (nSPS) is 10.5. The molecule has 3 aromatic rings. The van der Waals surface area contributed by atoms with Gasteiger partial charge in [0.15, 0.2) is 0 Å². The average Bonchev–Trinajstić information content (AvgIpc) is 2.96. The van der Waals surface area contributed by atoms with Crippen LogP contribution in [0.5, 0.6) is 0 Å². The Morgan fingerprint density at radius 3 is 3.18 bits per heavy atom. The van der Waals surface area contributed by atoms with Crippen molar-refractivity contribution in [2.75, 3.05) is 0 Å². The summed E-state index contributed by atoms with van der Waals surface area (Å²) in [5, 5.41) is 12.7. The Hall–Kier alpha value is -2.26. The van der Waals surface area contributed by atoms with Gasteiger partial charge in [-0.2, -0.15) is 19.1 Å². The number of nitrogens with zero attached hydrogens (tertiary/aromatic N) is 5. The van der Waals surface area contributed by atoms with Gasteiger partial charge in [0.05, 0.1) is 24.0 Å². The molecular formula is C11H7N5S. The van der Waals surface area contributed by atoms with Gasteiger partial charge in [0.25, 0.3) is 0 Å². The molecule has 5 nitrogen and oxygen atoms in total. The first-order valence-electron chi connectivity index (χ1n) is 4.99. The third-order valence-corrected chi connectivity index (χ3v) is 3.01. The van der Waals surface area contributed by atoms with Crippen LogP contribution in [0.4, 0.5) is 0 Å². The number of aromatic nitrogens is 4. The standard InChI is InChI=1S/C11H7N5S/c12-4-5-16-7-8(6-13-16)9-2-1-3-10-11(9)15-17-14-10/h1-3,6-7H,5H2. The monoisotopic (exact) mass is 241 g/mol. The van der Waals surface area contributed by atoms with Crippen LogP contribution in [0.25, 0.3) is 22.2 Å². The van der Waals surface area contributed by atoms with Crippen molar-refractivity contribution in [3.63, 3.8) is 0 Å². The van der Waals surface area contributed by atoms with Gasteiger partial charge in [-0.1, -0.05) is 12.1 Å². The first-order valence-corrected chi connectivity index (χ1v) is 5.72. The van der Waals surface area contributed by atoms with E-state index in [0.717, 1.165) is 22.2 Å². The van der Waals surface area contributed by atoms with Gasteiger partial charge in [-0.05, 0) is 6.07 Å². The molecule has 0 spiro atoms. The van der Waals surface area contributed by atoms with E-state index in [1.54, 1.807) is 10.9 Å². The van der Waals surface area contributed by atoms with E-state index in [-0.39, 0.29) is 6.54 Å². The highest BCUT2D eigenvalue weighted by Crippen LogP contribution is 2.26. The van der Waals surface area contributed by atoms with Gasteiger partial charge in [-0.15, -0.1) is 0 Å². The van der Waals surface area contributed by atoms with Gasteiger partial charge in [-0.25, -0.2) is 0 Å². The van der Waals surface area contributed by atoms with Crippen LogP contribution in [0, 0.1) is 11.3 Å². The second kappa shape index (κ2) is 3.96. The van der Waals surface area contributed by atoms with Crippen LogP contribution in [0.1, 0.15) is 0 Å². The number of nitriles is 1. The van der Waals surface area contributed by atoms with Gasteiger partial charge in [0, 0.05) is 17.3 Å². The van der Waals surface area contributed by atoms with E-state index < -0.39 is 0 Å². The molecule has 3 rings (SSSR count). The molecule has 2 aromatic heterocycles. The number of benzene rings is 1. The lowest BCUT2D eigenvalue weighted by molar-refractivity contribution is 0.710. The van der Waals surface area contributed by atoms with Gasteiger partial charge in [0.1, 0.15) is 17.6 Å². The molecule has 0 amide bonds. The van der Waals surface area contributed by atoms with Crippen molar-refractivity contribution in [3.8, 4) is 17.2 Å². The summed E-state index contributed by atoms with van der Waals surface area (Å²) in [6.07, 6.45) is 3.59. The smallest absolute Gasteiger partial charge is 0.128 e. The molecule has 0 saturated carbocycles. The van der Waals surface area contributed by atoms with E-state index in [4.69, 9.17) is 5.26 Å². The summed E-state index contributed by atoms with van der Waals surface area (Å²) in [6.45, 7) is 0.255. The van der Waals surface area contributed by atoms with Gasteiger partial charge in [0.2, 0.25) is 0 Å². The zero-order valence-electron chi connectivity index (χ0n) is 8.74. The molecule has 0 radical (unpaired) electrons. The number of rotatable bonds is 2. The first-order chi connectivity index (χ1) is 8.38. The van der Waals surface area contributed by atoms with E-state index in [9.17, 15) is 0 Å². The molecule has 82 valence electrons. The molecule has 0 aliphatic heterocycles. The maximum Gasteiger partial charge on any atom is 0.128 e. The first kappa shape index (κ1) is 9.93. The Labute approximate surface area is 101 Å². The second-order valence-electron chi connectivity index (χ2n) is 3.52. The molecule has 2 heterocycles. The fraction of sp³-hybridized carbons (Fsp3) is 0.0909. The third-order valence-electron chi connectivity index (χ3n) is 2.46. The van der Waals surface area contributed by atoms with Crippen LogP contribution in [0.15, 0.2) is 30.6 Å². The summed E-state index contributed by atoms with van der Waals surface area (Å²) in [4.78, 5) is 0. The number of hydrogen-bond donors (Lipinski definition) is 0. The molecule has 0 unspecified atom stereocenters. The second-order valence-corrected chi connectivity index (χ2v) is 4.05. The van der Waals surface area contributed by atoms with Crippen molar-refractivity contribution in [1.82, 2.24) is 18.5 Å². The lowest BCUT2D eigenvalue weighted by Gasteiger charge is -1.96. The van der Waals surface area contributed by atoms with Gasteiger partial charge < -0.3 is 0 Å². The summed E-state index contributed by atoms with van der Waals surface area (Å²) in [6, 6.07) is 7.92. The van der Waals surface area contributed by atoms with Crippen LogP contribution >= 0.6 is 11.7 Å². The van der Waals surface area contributed by atoms with Gasteiger partial charge in [-0.3, -0.25) is 4.68 Å². The molecule has 6 heteroatoms. The largest absolute Gasteiger partial charge is 0.258 e. The summed E-state index contributed by atoms with van der Waals surface area (Å²) >= 11 is 1.20. The Morgan fingerprint density at radius 1 is 1.35 bits per heavy atom. The minimum atomic E-state index is 0.255. The van der Waals surface area contributed by atoms with Gasteiger partial charge >= 0.3 is 0 Å². The lowest BCUT2D eigenvalue weighted by Crippen LogP contribution is -1.93. The topological polar surface area (TPSA) is 67.4 Å². The molecule has 0 saturated heterocycles. The molecular weight excluding hydrogens is 234 g/mol. The molecule has 0 atom stereocenters. The van der Waals surface area contributed by atoms with E-state index in [0.29, 0.717) is 0 Å². The predicted octanol–water partition coefficient (Wildman–Crippen LogP) is 2.08. The van der Waals surface area contributed by atoms with E-state index >= 15 is 0 Å². The molecule has 17 heavy (non-hydrogen) atoms. The van der Waals surface area contributed by atoms with Crippen LogP contribution < -0.4 is 0 Å². The van der Waals surface area contributed by atoms with Crippen molar-refractivity contribution < 1.29 is 0 Å². The van der Waals surface area contributed by atoms with Crippen molar-refractivity contribution in [2.24, 2.45) is 0 Å². The molecule has 0 bridgehead atoms. The number of fused-ring (bicyclic) bond motifs is 1. The summed E-state index contributed by atoms with van der Waals surface area (Å²) in [7, 11) is 0. The third kappa shape index (κ3) is 1.66. The minimum absolute atomic E-state index is 0.255. The highest BCUT2D eigenvalue weighted by Gasteiger charge is 2.08. The highest BCUT2D eigenvalue weighted by atomic mass is 32.1. The highest BCUT2D eigenvalue weighted by molar-refractivity contribution is 7.00. The van der Waals surface area contributed by atoms with Crippen LogP contribution in [-0.2, 0) is 6.54 Å². The Kier molecular flexibility index (Phi) is 2.31. The van der Waals surface area contributed by atoms with E-state index in [1.807, 2.05) is 24.4 Å². The maximum atomic E-state index is 8.61. The number of hydrogen-bond acceptors (Lipinski definition) is 5. The summed E-state index contributed by atoms with van der Waals surface area (Å²) in [5.41, 5.74) is 3.73. The minimum Gasteiger partial charge on any atom is -0.258 e. The predicted molar refractivity (Wildman–Crippen MR) is 64.2 cm³/mol. The summed E-state index contributed by atoms with van der Waals surface area (Å²) < 4.78 is 10.1. The van der Waals surface area contributed by atoms with Crippen molar-refractivity contribution in [2.45, 2.75) is 6.54 Å². The molecule has 0 N–H and O–H groups in total. The SMILES string of the molecule is N#CCn1cc(-c2cccc3nsnc23)cn1. The fourth-order valence-corrected chi connectivity index (χ4v) is 2.25. The zero-order valence-corrected chi connectivity index (χ0v) is 9.55. The molecule has 0 aliphatic carbocycles. The Balaban J connectivity index is 2.14. The maximum absolute atomic E-state index is 8.61. The Morgan fingerprint density at radius 2 is 2.29 bits per heavy atom. The molecule has 0 aliphatic rings. The molecule has 0 fully saturated rings. The van der Waals surface area contributed by atoms with Crippen molar-refractivity contribution >= 4 is 22.8 Å². The van der Waals surface area contributed by atoms with Crippen LogP contribution in [0.2, 0.25) is 0 Å². The van der Waals surface area contributed by atoms with Crippen LogP contribution in [-0.4, -0.2) is 18.5 Å². The molecule has 1 aromatic carbocycles. The fourth-order valence-electron chi connectivity index (χ4n) is 1.70. The average molecular weight is 241 g/mol. The quantitative estimate of drug-likeness (QED) is 0.688. The van der Waals surface area contributed by atoms with Crippen molar-refractivity contribution in [3.05, 3.63) is 30.6 Å². The zero-order chi connectivity index (χ0) is 11.7. The lowest BCUT2D eigenvalue weighted by atomic mass is 10.1. The van der Waals surface area contributed by atoms with E-state index in [2.05, 4.69) is 19.9 Å². The summed E-state index contributed by atoms with van der Waals surface area (Å²) in [5.74, 6) is 0. The Bertz CT molecular complexity index is 706. The van der Waals surface area contributed by atoms with Crippen LogP contribution in [0.3, 0.4) is 0 Å². The van der Waals surface area contributed by atoms with E-state index in [1.165, 1.54) is 11.7 Å².